The first kappa shape index (κ1) is 17.0. The van der Waals surface area contributed by atoms with Crippen LogP contribution in [0, 0.1) is 11.7 Å². The molecule has 2 fully saturated rings. The number of carbonyl (C=O) groups is 1. The molecular formula is C19H23FN4O2. The molecule has 2 saturated carbocycles. The minimum Gasteiger partial charge on any atom is -0.354 e. The van der Waals surface area contributed by atoms with Crippen molar-refractivity contribution < 1.29 is 9.18 Å². The molecule has 0 radical (unpaired) electrons. The van der Waals surface area contributed by atoms with Crippen LogP contribution in [0.1, 0.15) is 44.6 Å². The smallest absolute Gasteiger partial charge is 0.346 e. The van der Waals surface area contributed by atoms with Gasteiger partial charge in [0.2, 0.25) is 5.91 Å². The number of hydrogen-bond donors (Lipinski definition) is 1. The Balaban J connectivity index is 1.49. The molecule has 1 N–H and O–H groups in total. The lowest BCUT2D eigenvalue weighted by Gasteiger charge is -2.09. The molecule has 2 aliphatic carbocycles. The number of amides is 1. The van der Waals surface area contributed by atoms with Crippen molar-refractivity contribution in [3.63, 3.8) is 0 Å². The van der Waals surface area contributed by atoms with Gasteiger partial charge in [0.1, 0.15) is 5.82 Å². The van der Waals surface area contributed by atoms with Crippen molar-refractivity contribution in [3.8, 4) is 11.4 Å². The molecule has 4 rings (SSSR count). The number of nitrogens with zero attached hydrogens (tertiary/aromatic N) is 3. The monoisotopic (exact) mass is 358 g/mol. The molecule has 2 aliphatic rings. The highest BCUT2D eigenvalue weighted by Crippen LogP contribution is 2.36. The van der Waals surface area contributed by atoms with Gasteiger partial charge < -0.3 is 5.32 Å². The second-order valence-corrected chi connectivity index (χ2v) is 7.21. The summed E-state index contributed by atoms with van der Waals surface area (Å²) in [7, 11) is 0. The Labute approximate surface area is 151 Å². The van der Waals surface area contributed by atoms with Crippen molar-refractivity contribution in [3.05, 3.63) is 40.6 Å². The van der Waals surface area contributed by atoms with E-state index in [1.807, 2.05) is 0 Å². The number of rotatable bonds is 6. The van der Waals surface area contributed by atoms with Crippen LogP contribution in [0.15, 0.2) is 29.1 Å². The molecule has 0 bridgehead atoms. The SMILES string of the molecule is O=C(NCCn1nc(-c2ccc(F)cc2)n(C2CC2)c1=O)C1CCCC1. The molecule has 6 nitrogen and oxygen atoms in total. The molecule has 0 saturated heterocycles. The van der Waals surface area contributed by atoms with Gasteiger partial charge in [-0.3, -0.25) is 9.36 Å². The zero-order chi connectivity index (χ0) is 18.1. The van der Waals surface area contributed by atoms with Crippen LogP contribution in [0.3, 0.4) is 0 Å². The van der Waals surface area contributed by atoms with E-state index >= 15 is 0 Å². The van der Waals surface area contributed by atoms with E-state index in [4.69, 9.17) is 0 Å². The van der Waals surface area contributed by atoms with Gasteiger partial charge in [-0.05, 0) is 49.9 Å². The lowest BCUT2D eigenvalue weighted by Crippen LogP contribution is -2.34. The molecule has 0 spiro atoms. The average molecular weight is 358 g/mol. The molecule has 1 heterocycles. The van der Waals surface area contributed by atoms with Crippen LogP contribution in [0.4, 0.5) is 4.39 Å². The Morgan fingerprint density at radius 1 is 1.15 bits per heavy atom. The number of aromatic nitrogens is 3. The summed E-state index contributed by atoms with van der Waals surface area (Å²) in [5, 5.41) is 7.38. The summed E-state index contributed by atoms with van der Waals surface area (Å²) in [6.07, 6.45) is 6.05. The topological polar surface area (TPSA) is 68.9 Å². The van der Waals surface area contributed by atoms with Crippen molar-refractivity contribution in [2.24, 2.45) is 5.92 Å². The van der Waals surface area contributed by atoms with Crippen LogP contribution in [0.25, 0.3) is 11.4 Å². The maximum Gasteiger partial charge on any atom is 0.346 e. The summed E-state index contributed by atoms with van der Waals surface area (Å²) in [5.41, 5.74) is 0.561. The Bertz CT molecular complexity index is 845. The number of halogens is 1. The molecule has 138 valence electrons. The van der Waals surface area contributed by atoms with Crippen molar-refractivity contribution >= 4 is 5.91 Å². The number of nitrogens with one attached hydrogen (secondary N) is 1. The maximum atomic E-state index is 13.2. The quantitative estimate of drug-likeness (QED) is 0.863. The van der Waals surface area contributed by atoms with Gasteiger partial charge in [-0.2, -0.15) is 0 Å². The second kappa shape index (κ2) is 7.05. The third-order valence-electron chi connectivity index (χ3n) is 5.23. The van der Waals surface area contributed by atoms with Gasteiger partial charge in [0.15, 0.2) is 5.82 Å². The first-order valence-electron chi connectivity index (χ1n) is 9.36. The summed E-state index contributed by atoms with van der Waals surface area (Å²) in [6, 6.07) is 6.20. The summed E-state index contributed by atoms with van der Waals surface area (Å²) in [5.74, 6) is 0.448. The lowest BCUT2D eigenvalue weighted by atomic mass is 10.1. The van der Waals surface area contributed by atoms with Crippen LogP contribution in [-0.4, -0.2) is 26.8 Å². The number of hydrogen-bond acceptors (Lipinski definition) is 3. The van der Waals surface area contributed by atoms with E-state index in [-0.39, 0.29) is 29.4 Å². The number of carbonyl (C=O) groups excluding carboxylic acids is 1. The van der Waals surface area contributed by atoms with Crippen LogP contribution >= 0.6 is 0 Å². The van der Waals surface area contributed by atoms with E-state index in [0.717, 1.165) is 44.1 Å². The largest absolute Gasteiger partial charge is 0.354 e. The van der Waals surface area contributed by atoms with Gasteiger partial charge >= 0.3 is 5.69 Å². The van der Waals surface area contributed by atoms with Crippen molar-refractivity contribution in [2.45, 2.75) is 51.1 Å². The zero-order valence-electron chi connectivity index (χ0n) is 14.7. The Morgan fingerprint density at radius 2 is 1.85 bits per heavy atom. The molecular weight excluding hydrogens is 335 g/mol. The molecule has 2 aromatic rings. The fourth-order valence-electron chi connectivity index (χ4n) is 3.64. The Hall–Kier alpha value is -2.44. The van der Waals surface area contributed by atoms with Crippen LogP contribution in [0.5, 0.6) is 0 Å². The molecule has 0 atom stereocenters. The molecule has 26 heavy (non-hydrogen) atoms. The highest BCUT2D eigenvalue weighted by Gasteiger charge is 2.30. The fraction of sp³-hybridized carbons (Fsp3) is 0.526. The summed E-state index contributed by atoms with van der Waals surface area (Å²) < 4.78 is 16.3. The minimum absolute atomic E-state index is 0.0796. The van der Waals surface area contributed by atoms with E-state index < -0.39 is 0 Å². The van der Waals surface area contributed by atoms with Gasteiger partial charge in [-0.25, -0.2) is 13.9 Å². The predicted molar refractivity (Wildman–Crippen MR) is 95.1 cm³/mol. The molecule has 1 amide bonds. The molecule has 7 heteroatoms. The lowest BCUT2D eigenvalue weighted by molar-refractivity contribution is -0.124. The minimum atomic E-state index is -0.317. The van der Waals surface area contributed by atoms with Crippen molar-refractivity contribution in [2.75, 3.05) is 6.54 Å². The van der Waals surface area contributed by atoms with Crippen molar-refractivity contribution in [1.82, 2.24) is 19.7 Å². The van der Waals surface area contributed by atoms with Gasteiger partial charge in [-0.1, -0.05) is 12.8 Å². The number of benzene rings is 1. The molecule has 0 unspecified atom stereocenters. The molecule has 1 aromatic heterocycles. The van der Waals surface area contributed by atoms with Gasteiger partial charge in [-0.15, -0.1) is 5.10 Å². The van der Waals surface area contributed by atoms with E-state index in [1.165, 1.54) is 16.8 Å². The highest BCUT2D eigenvalue weighted by molar-refractivity contribution is 5.78. The maximum absolute atomic E-state index is 13.2. The Morgan fingerprint density at radius 3 is 2.50 bits per heavy atom. The summed E-state index contributed by atoms with van der Waals surface area (Å²) >= 11 is 0. The third-order valence-corrected chi connectivity index (χ3v) is 5.23. The fourth-order valence-corrected chi connectivity index (χ4v) is 3.64. The van der Waals surface area contributed by atoms with Crippen LogP contribution in [0.2, 0.25) is 0 Å². The van der Waals surface area contributed by atoms with E-state index in [1.54, 1.807) is 16.7 Å². The standard InChI is InChI=1S/C19H23FN4O2/c20-15-7-5-13(6-8-15)17-22-23(19(26)24(17)16-9-10-16)12-11-21-18(25)14-3-1-2-4-14/h5-8,14,16H,1-4,9-12H2,(H,21,25). The van der Waals surface area contributed by atoms with Crippen molar-refractivity contribution in [1.29, 1.82) is 0 Å². The first-order valence-corrected chi connectivity index (χ1v) is 9.36. The van der Waals surface area contributed by atoms with Crippen LogP contribution in [-0.2, 0) is 11.3 Å². The van der Waals surface area contributed by atoms with Gasteiger partial charge in [0.05, 0.1) is 6.54 Å². The Kier molecular flexibility index (Phi) is 4.61. The normalized spacial score (nSPS) is 17.6. The van der Waals surface area contributed by atoms with Crippen LogP contribution < -0.4 is 11.0 Å². The van der Waals surface area contributed by atoms with E-state index in [2.05, 4.69) is 10.4 Å². The van der Waals surface area contributed by atoms with E-state index in [9.17, 15) is 14.0 Å². The average Bonchev–Trinajstić information content (AvgIpc) is 3.20. The van der Waals surface area contributed by atoms with E-state index in [0.29, 0.717) is 18.9 Å². The zero-order valence-corrected chi connectivity index (χ0v) is 14.7. The highest BCUT2D eigenvalue weighted by atomic mass is 19.1. The predicted octanol–water partition coefficient (Wildman–Crippen LogP) is 2.49. The summed E-state index contributed by atoms with van der Waals surface area (Å²) in [4.78, 5) is 24.8. The second-order valence-electron chi connectivity index (χ2n) is 7.21. The first-order chi connectivity index (χ1) is 12.6. The van der Waals surface area contributed by atoms with Gasteiger partial charge in [0, 0.05) is 24.1 Å². The third kappa shape index (κ3) is 3.43. The summed E-state index contributed by atoms with van der Waals surface area (Å²) in [6.45, 7) is 0.727. The van der Waals surface area contributed by atoms with Gasteiger partial charge in [0.25, 0.3) is 0 Å². The molecule has 0 aliphatic heterocycles. The molecule has 1 aromatic carbocycles.